The van der Waals surface area contributed by atoms with Crippen LogP contribution in [0.3, 0.4) is 0 Å². The Morgan fingerprint density at radius 2 is 2.12 bits per heavy atom. The first-order chi connectivity index (χ1) is 7.90. The van der Waals surface area contributed by atoms with Crippen LogP contribution in [0.2, 0.25) is 0 Å². The zero-order valence-corrected chi connectivity index (χ0v) is 10.3. The number of aryl methyl sites for hydroxylation is 1. The maximum Gasteiger partial charge on any atom is 0.338 e. The molecule has 0 saturated heterocycles. The molecule has 1 rings (SSSR count). The van der Waals surface area contributed by atoms with Crippen LogP contribution in [0.25, 0.3) is 0 Å². The predicted octanol–water partition coefficient (Wildman–Crippen LogP) is -0.0574. The van der Waals surface area contributed by atoms with Crippen LogP contribution in [-0.2, 0) is 14.6 Å². The summed E-state index contributed by atoms with van der Waals surface area (Å²) in [5.74, 6) is -1.06. The van der Waals surface area contributed by atoms with E-state index in [9.17, 15) is 13.2 Å². The zero-order valence-electron chi connectivity index (χ0n) is 9.50. The highest BCUT2D eigenvalue weighted by Gasteiger charge is 2.18. The molecule has 0 atom stereocenters. The predicted molar refractivity (Wildman–Crippen MR) is 59.5 cm³/mol. The van der Waals surface area contributed by atoms with E-state index < -0.39 is 28.2 Å². The van der Waals surface area contributed by atoms with Crippen molar-refractivity contribution in [2.75, 3.05) is 19.5 Å². The van der Waals surface area contributed by atoms with Crippen LogP contribution in [0.1, 0.15) is 16.1 Å². The Hall–Kier alpha value is -1.47. The van der Waals surface area contributed by atoms with Crippen molar-refractivity contribution in [1.82, 2.24) is 4.98 Å². The Balaban J connectivity index is 3.27. The van der Waals surface area contributed by atoms with Gasteiger partial charge in [0.15, 0.2) is 14.9 Å². The van der Waals surface area contributed by atoms with Crippen molar-refractivity contribution in [2.24, 2.45) is 0 Å². The van der Waals surface area contributed by atoms with Crippen molar-refractivity contribution >= 4 is 15.8 Å². The average Bonchev–Trinajstić information content (AvgIpc) is 2.27. The molecule has 0 aliphatic carbocycles. The van der Waals surface area contributed by atoms with E-state index in [0.717, 1.165) is 6.07 Å². The molecule has 0 fully saturated rings. The van der Waals surface area contributed by atoms with Crippen LogP contribution in [0.4, 0.5) is 0 Å². The smallest absolute Gasteiger partial charge is 0.338 e. The lowest BCUT2D eigenvalue weighted by molar-refractivity contribution is 0.0600. The summed E-state index contributed by atoms with van der Waals surface area (Å²) >= 11 is 0. The van der Waals surface area contributed by atoms with Crippen LogP contribution in [0, 0.1) is 6.92 Å². The SMILES string of the molecule is COC(=O)c1cc(C)nc(S(=O)(=O)CCO)c1. The molecule has 94 valence electrons. The van der Waals surface area contributed by atoms with Gasteiger partial charge in [0, 0.05) is 5.69 Å². The zero-order chi connectivity index (χ0) is 13.1. The molecule has 0 aliphatic rings. The molecule has 0 radical (unpaired) electrons. The van der Waals surface area contributed by atoms with Gasteiger partial charge in [0.1, 0.15) is 0 Å². The van der Waals surface area contributed by atoms with Crippen LogP contribution in [-0.4, -0.2) is 43.9 Å². The normalized spacial score (nSPS) is 11.2. The van der Waals surface area contributed by atoms with Crippen molar-refractivity contribution in [3.05, 3.63) is 23.4 Å². The Morgan fingerprint density at radius 3 is 2.65 bits per heavy atom. The maximum atomic E-state index is 11.7. The number of esters is 1. The summed E-state index contributed by atoms with van der Waals surface area (Å²) < 4.78 is 27.9. The number of hydrogen-bond acceptors (Lipinski definition) is 6. The van der Waals surface area contributed by atoms with E-state index in [4.69, 9.17) is 5.11 Å². The molecule has 0 spiro atoms. The minimum Gasteiger partial charge on any atom is -0.465 e. The van der Waals surface area contributed by atoms with Gasteiger partial charge in [-0.05, 0) is 19.1 Å². The quantitative estimate of drug-likeness (QED) is 0.761. The number of rotatable bonds is 4. The fourth-order valence-electron chi connectivity index (χ4n) is 1.26. The van der Waals surface area contributed by atoms with Gasteiger partial charge in [0.25, 0.3) is 0 Å². The third kappa shape index (κ3) is 3.24. The number of carbonyl (C=O) groups excluding carboxylic acids is 1. The molecule has 0 amide bonds. The number of carbonyl (C=O) groups is 1. The van der Waals surface area contributed by atoms with Crippen molar-refractivity contribution < 1.29 is 23.1 Å². The highest BCUT2D eigenvalue weighted by atomic mass is 32.2. The average molecular weight is 259 g/mol. The molecule has 1 heterocycles. The molecule has 1 N–H and O–H groups in total. The van der Waals surface area contributed by atoms with Crippen LogP contribution in [0.5, 0.6) is 0 Å². The lowest BCUT2D eigenvalue weighted by Crippen LogP contribution is -2.14. The monoisotopic (exact) mass is 259 g/mol. The third-order valence-electron chi connectivity index (χ3n) is 2.03. The Labute approximate surface area is 99.2 Å². The second-order valence-electron chi connectivity index (χ2n) is 3.37. The van der Waals surface area contributed by atoms with Crippen molar-refractivity contribution in [1.29, 1.82) is 0 Å². The Bertz CT molecular complexity index is 523. The summed E-state index contributed by atoms with van der Waals surface area (Å²) in [4.78, 5) is 15.1. The van der Waals surface area contributed by atoms with Crippen LogP contribution >= 0.6 is 0 Å². The van der Waals surface area contributed by atoms with Crippen molar-refractivity contribution in [3.8, 4) is 0 Å². The summed E-state index contributed by atoms with van der Waals surface area (Å²) in [7, 11) is -2.46. The molecule has 0 saturated carbocycles. The number of nitrogens with zero attached hydrogens (tertiary/aromatic N) is 1. The van der Waals surface area contributed by atoms with Crippen molar-refractivity contribution in [3.63, 3.8) is 0 Å². The second-order valence-corrected chi connectivity index (χ2v) is 5.43. The molecule has 1 aromatic heterocycles. The number of aliphatic hydroxyl groups is 1. The highest BCUT2D eigenvalue weighted by molar-refractivity contribution is 7.91. The maximum absolute atomic E-state index is 11.7. The molecule has 0 bridgehead atoms. The topological polar surface area (TPSA) is 93.6 Å². The van der Waals surface area contributed by atoms with Gasteiger partial charge >= 0.3 is 5.97 Å². The van der Waals surface area contributed by atoms with Gasteiger partial charge in [-0.25, -0.2) is 18.2 Å². The van der Waals surface area contributed by atoms with Gasteiger partial charge < -0.3 is 9.84 Å². The number of aliphatic hydroxyl groups excluding tert-OH is 1. The lowest BCUT2D eigenvalue weighted by atomic mass is 10.2. The van der Waals surface area contributed by atoms with Crippen molar-refractivity contribution in [2.45, 2.75) is 11.9 Å². The van der Waals surface area contributed by atoms with E-state index in [1.165, 1.54) is 13.2 Å². The van der Waals surface area contributed by atoms with Crippen LogP contribution in [0.15, 0.2) is 17.2 Å². The first kappa shape index (κ1) is 13.6. The molecule has 0 unspecified atom stereocenters. The van der Waals surface area contributed by atoms with E-state index in [-0.39, 0.29) is 10.6 Å². The molecule has 1 aromatic rings. The Morgan fingerprint density at radius 1 is 1.47 bits per heavy atom. The van der Waals surface area contributed by atoms with Gasteiger partial charge in [-0.3, -0.25) is 0 Å². The van der Waals surface area contributed by atoms with E-state index >= 15 is 0 Å². The first-order valence-corrected chi connectivity index (χ1v) is 6.46. The number of hydrogen-bond donors (Lipinski definition) is 1. The molecular formula is C10H13NO5S. The van der Waals surface area contributed by atoms with E-state index in [1.807, 2.05) is 0 Å². The second kappa shape index (κ2) is 5.24. The number of ether oxygens (including phenoxy) is 1. The fraction of sp³-hybridized carbons (Fsp3) is 0.400. The lowest BCUT2D eigenvalue weighted by Gasteiger charge is -2.05. The third-order valence-corrected chi connectivity index (χ3v) is 3.60. The number of methoxy groups -OCH3 is 1. The van der Waals surface area contributed by atoms with Gasteiger partial charge in [0.05, 0.1) is 25.0 Å². The molecule has 0 aromatic carbocycles. The summed E-state index contributed by atoms with van der Waals surface area (Å²) in [5.41, 5.74) is 0.515. The molecule has 0 aliphatic heterocycles. The molecule has 17 heavy (non-hydrogen) atoms. The number of pyridine rings is 1. The van der Waals surface area contributed by atoms with E-state index in [1.54, 1.807) is 6.92 Å². The fourth-order valence-corrected chi connectivity index (χ4v) is 2.30. The minimum atomic E-state index is -3.67. The molecule has 6 nitrogen and oxygen atoms in total. The summed E-state index contributed by atoms with van der Waals surface area (Å²) in [5, 5.41) is 8.43. The van der Waals surface area contributed by atoms with E-state index in [2.05, 4.69) is 9.72 Å². The summed E-state index contributed by atoms with van der Waals surface area (Å²) in [6, 6.07) is 2.58. The minimum absolute atomic E-state index is 0.122. The highest BCUT2D eigenvalue weighted by Crippen LogP contribution is 2.13. The Kier molecular flexibility index (Phi) is 4.19. The summed E-state index contributed by atoms with van der Waals surface area (Å²) in [6.45, 7) is 1.08. The number of aromatic nitrogens is 1. The van der Waals surface area contributed by atoms with Gasteiger partial charge in [0.2, 0.25) is 0 Å². The first-order valence-electron chi connectivity index (χ1n) is 4.81. The standard InChI is InChI=1S/C10H13NO5S/c1-7-5-8(10(13)16-2)6-9(11-7)17(14,15)4-3-12/h5-6,12H,3-4H2,1-2H3. The van der Waals surface area contributed by atoms with Gasteiger partial charge in [-0.2, -0.15) is 0 Å². The van der Waals surface area contributed by atoms with E-state index in [0.29, 0.717) is 5.69 Å². The molecule has 7 heteroatoms. The number of sulfone groups is 1. The van der Waals surface area contributed by atoms with Gasteiger partial charge in [-0.15, -0.1) is 0 Å². The van der Waals surface area contributed by atoms with Crippen LogP contribution < -0.4 is 0 Å². The largest absolute Gasteiger partial charge is 0.465 e. The summed E-state index contributed by atoms with van der Waals surface area (Å²) in [6.07, 6.45) is 0. The molecular weight excluding hydrogens is 246 g/mol. The van der Waals surface area contributed by atoms with Gasteiger partial charge in [-0.1, -0.05) is 0 Å².